The van der Waals surface area contributed by atoms with E-state index in [0.29, 0.717) is 6.54 Å². The van der Waals surface area contributed by atoms with E-state index in [2.05, 4.69) is 21.9 Å². The molecule has 20 heavy (non-hydrogen) atoms. The number of anilines is 1. The van der Waals surface area contributed by atoms with Gasteiger partial charge in [0.15, 0.2) is 0 Å². The van der Waals surface area contributed by atoms with Gasteiger partial charge in [0.05, 0.1) is 6.54 Å². The van der Waals surface area contributed by atoms with E-state index in [0.717, 1.165) is 38.4 Å². The zero-order valence-corrected chi connectivity index (χ0v) is 12.4. The number of nitrogens with two attached hydrogens (primary N) is 1. The van der Waals surface area contributed by atoms with Gasteiger partial charge in [0, 0.05) is 52.5 Å². The number of likely N-dealkylation sites (N-methyl/N-ethyl adjacent to an activating group) is 1. The van der Waals surface area contributed by atoms with Gasteiger partial charge < -0.3 is 10.6 Å². The lowest BCUT2D eigenvalue weighted by molar-refractivity contribution is -0.130. The lowest BCUT2D eigenvalue weighted by atomic mass is 10.2. The van der Waals surface area contributed by atoms with Crippen LogP contribution in [0.1, 0.15) is 5.56 Å². The monoisotopic (exact) mass is 276 g/mol. The molecule has 1 saturated heterocycles. The summed E-state index contributed by atoms with van der Waals surface area (Å²) in [6.45, 7) is 5.40. The molecule has 2 N–H and O–H groups in total. The maximum Gasteiger partial charge on any atom is 0.236 e. The van der Waals surface area contributed by atoms with Gasteiger partial charge >= 0.3 is 0 Å². The smallest absolute Gasteiger partial charge is 0.236 e. The quantitative estimate of drug-likeness (QED) is 0.813. The van der Waals surface area contributed by atoms with E-state index in [-0.39, 0.29) is 5.91 Å². The van der Waals surface area contributed by atoms with Crippen LogP contribution >= 0.6 is 0 Å². The first kappa shape index (κ1) is 14.8. The Bertz CT molecular complexity index is 436. The molecule has 0 unspecified atom stereocenters. The van der Waals surface area contributed by atoms with Crippen LogP contribution in [0.15, 0.2) is 24.3 Å². The van der Waals surface area contributed by atoms with E-state index in [9.17, 15) is 4.79 Å². The van der Waals surface area contributed by atoms with Crippen LogP contribution in [-0.2, 0) is 11.3 Å². The number of nitrogens with zero attached hydrogens (tertiary/aromatic N) is 3. The Morgan fingerprint density at radius 3 is 2.20 bits per heavy atom. The van der Waals surface area contributed by atoms with Crippen molar-refractivity contribution in [3.8, 4) is 0 Å². The van der Waals surface area contributed by atoms with Gasteiger partial charge in [-0.15, -0.1) is 0 Å². The number of nitrogen functional groups attached to an aromatic ring is 1. The maximum atomic E-state index is 11.7. The molecule has 1 aromatic rings. The summed E-state index contributed by atoms with van der Waals surface area (Å²) < 4.78 is 0. The highest BCUT2D eigenvalue weighted by Gasteiger charge is 2.19. The molecule has 0 bridgehead atoms. The first-order chi connectivity index (χ1) is 9.54. The molecule has 1 aliphatic rings. The van der Waals surface area contributed by atoms with Gasteiger partial charge in [0.25, 0.3) is 0 Å². The average Bonchev–Trinajstić information content (AvgIpc) is 2.43. The zero-order chi connectivity index (χ0) is 14.5. The predicted molar refractivity (Wildman–Crippen MR) is 81.3 cm³/mol. The molecular weight excluding hydrogens is 252 g/mol. The van der Waals surface area contributed by atoms with Crippen LogP contribution in [0.5, 0.6) is 0 Å². The molecule has 2 rings (SSSR count). The summed E-state index contributed by atoms with van der Waals surface area (Å²) in [7, 11) is 3.61. The lowest BCUT2D eigenvalue weighted by Crippen LogP contribution is -2.48. The summed E-state index contributed by atoms with van der Waals surface area (Å²) >= 11 is 0. The molecule has 0 saturated carbocycles. The molecule has 1 fully saturated rings. The Hall–Kier alpha value is -1.59. The number of amides is 1. The van der Waals surface area contributed by atoms with Crippen molar-refractivity contribution in [1.82, 2.24) is 14.7 Å². The number of carbonyl (C=O) groups excluding carboxylic acids is 1. The van der Waals surface area contributed by atoms with Crippen LogP contribution in [-0.4, -0.2) is 67.4 Å². The molecule has 0 spiro atoms. The first-order valence-electron chi connectivity index (χ1n) is 7.04. The predicted octanol–water partition coefficient (Wildman–Crippen LogP) is 0.475. The van der Waals surface area contributed by atoms with E-state index >= 15 is 0 Å². The number of hydrogen-bond donors (Lipinski definition) is 1. The minimum Gasteiger partial charge on any atom is -0.399 e. The van der Waals surface area contributed by atoms with Gasteiger partial charge in [-0.05, 0) is 17.7 Å². The molecule has 0 aliphatic carbocycles. The summed E-state index contributed by atoms with van der Waals surface area (Å²) in [5.74, 6) is 0.178. The molecule has 1 aromatic carbocycles. The molecule has 0 radical (unpaired) electrons. The van der Waals surface area contributed by atoms with Crippen LogP contribution in [0, 0.1) is 0 Å². The van der Waals surface area contributed by atoms with Gasteiger partial charge in [-0.3, -0.25) is 14.6 Å². The highest BCUT2D eigenvalue weighted by atomic mass is 16.2. The Kier molecular flexibility index (Phi) is 4.98. The zero-order valence-electron chi connectivity index (χ0n) is 12.4. The number of rotatable bonds is 4. The van der Waals surface area contributed by atoms with Crippen LogP contribution in [0.3, 0.4) is 0 Å². The summed E-state index contributed by atoms with van der Waals surface area (Å²) in [4.78, 5) is 18.0. The summed E-state index contributed by atoms with van der Waals surface area (Å²) in [6.07, 6.45) is 0. The molecular formula is C15H24N4O. The van der Waals surface area contributed by atoms with E-state index in [1.807, 2.05) is 12.1 Å². The van der Waals surface area contributed by atoms with E-state index in [1.165, 1.54) is 5.56 Å². The van der Waals surface area contributed by atoms with Crippen LogP contribution in [0.25, 0.3) is 0 Å². The fourth-order valence-electron chi connectivity index (χ4n) is 2.32. The van der Waals surface area contributed by atoms with E-state index in [1.54, 1.807) is 19.0 Å². The Balaban J connectivity index is 1.77. The van der Waals surface area contributed by atoms with Crippen LogP contribution in [0.2, 0.25) is 0 Å². The second-order valence-electron chi connectivity index (χ2n) is 5.58. The van der Waals surface area contributed by atoms with E-state index < -0.39 is 0 Å². The SMILES string of the molecule is CN(C)C(=O)CN1CCN(Cc2ccc(N)cc2)CC1. The maximum absolute atomic E-state index is 11.7. The third-order valence-electron chi connectivity index (χ3n) is 3.71. The molecule has 1 heterocycles. The van der Waals surface area contributed by atoms with Crippen molar-refractivity contribution in [1.29, 1.82) is 0 Å². The van der Waals surface area contributed by atoms with Gasteiger partial charge in [0.2, 0.25) is 5.91 Å². The largest absolute Gasteiger partial charge is 0.399 e. The number of benzene rings is 1. The standard InChI is InChI=1S/C15H24N4O/c1-17(2)15(20)12-19-9-7-18(8-10-19)11-13-3-5-14(16)6-4-13/h3-6H,7-12,16H2,1-2H3. The fraction of sp³-hybridized carbons (Fsp3) is 0.533. The molecule has 5 heteroatoms. The normalized spacial score (nSPS) is 17.1. The molecule has 0 aromatic heterocycles. The second-order valence-corrected chi connectivity index (χ2v) is 5.58. The van der Waals surface area contributed by atoms with Gasteiger partial charge in [-0.25, -0.2) is 0 Å². The molecule has 0 atom stereocenters. The Labute approximate surface area is 120 Å². The highest BCUT2D eigenvalue weighted by molar-refractivity contribution is 5.77. The first-order valence-corrected chi connectivity index (χ1v) is 7.04. The Morgan fingerprint density at radius 1 is 1.10 bits per heavy atom. The minimum atomic E-state index is 0.178. The lowest BCUT2D eigenvalue weighted by Gasteiger charge is -2.34. The van der Waals surface area contributed by atoms with Gasteiger partial charge in [-0.1, -0.05) is 12.1 Å². The van der Waals surface area contributed by atoms with Gasteiger partial charge in [0.1, 0.15) is 0 Å². The van der Waals surface area contributed by atoms with Gasteiger partial charge in [-0.2, -0.15) is 0 Å². The van der Waals surface area contributed by atoms with Crippen molar-refractivity contribution < 1.29 is 4.79 Å². The van der Waals surface area contributed by atoms with E-state index in [4.69, 9.17) is 5.73 Å². The fourth-order valence-corrected chi connectivity index (χ4v) is 2.32. The molecule has 1 aliphatic heterocycles. The van der Waals surface area contributed by atoms with Crippen molar-refractivity contribution in [2.45, 2.75) is 6.54 Å². The third kappa shape index (κ3) is 4.21. The number of piperazine rings is 1. The second kappa shape index (κ2) is 6.72. The number of carbonyl (C=O) groups is 1. The van der Waals surface area contributed by atoms with Crippen LogP contribution < -0.4 is 5.73 Å². The molecule has 110 valence electrons. The Morgan fingerprint density at radius 2 is 1.65 bits per heavy atom. The van der Waals surface area contributed by atoms with Crippen molar-refractivity contribution >= 4 is 11.6 Å². The summed E-state index contributed by atoms with van der Waals surface area (Å²) in [5, 5.41) is 0. The van der Waals surface area contributed by atoms with Crippen molar-refractivity contribution in [2.24, 2.45) is 0 Å². The number of hydrogen-bond acceptors (Lipinski definition) is 4. The topological polar surface area (TPSA) is 52.8 Å². The average molecular weight is 276 g/mol. The van der Waals surface area contributed by atoms with Crippen molar-refractivity contribution in [3.05, 3.63) is 29.8 Å². The highest BCUT2D eigenvalue weighted by Crippen LogP contribution is 2.10. The summed E-state index contributed by atoms with van der Waals surface area (Å²) in [5.41, 5.74) is 7.79. The minimum absolute atomic E-state index is 0.178. The van der Waals surface area contributed by atoms with Crippen LogP contribution in [0.4, 0.5) is 5.69 Å². The van der Waals surface area contributed by atoms with Crippen molar-refractivity contribution in [3.63, 3.8) is 0 Å². The third-order valence-corrected chi connectivity index (χ3v) is 3.71. The van der Waals surface area contributed by atoms with Crippen molar-refractivity contribution in [2.75, 3.05) is 52.6 Å². The molecule has 1 amide bonds. The summed E-state index contributed by atoms with van der Waals surface area (Å²) in [6, 6.07) is 8.05. The molecule has 5 nitrogen and oxygen atoms in total.